The second-order valence-electron chi connectivity index (χ2n) is 1.95. The smallest absolute Gasteiger partial charge is 0.0961 e. The first kappa shape index (κ1) is 9.03. The first-order chi connectivity index (χ1) is 5.33. The molecule has 4 heteroatoms. The molecule has 0 saturated heterocycles. The van der Waals surface area contributed by atoms with Crippen molar-refractivity contribution in [2.45, 2.75) is 5.03 Å². The van der Waals surface area contributed by atoms with E-state index in [1.807, 2.05) is 12.1 Å². The number of nitrogens with zero attached hydrogens (tertiary/aromatic N) is 1. The number of hydrogen-bond acceptors (Lipinski definition) is 3. The van der Waals surface area contributed by atoms with Gasteiger partial charge in [-0.2, -0.15) is 0 Å². The summed E-state index contributed by atoms with van der Waals surface area (Å²) in [6, 6.07) is 3.95. The summed E-state index contributed by atoms with van der Waals surface area (Å²) in [5.41, 5.74) is 5.35. The summed E-state index contributed by atoms with van der Waals surface area (Å²) in [7, 11) is 0. The van der Waals surface area contributed by atoms with E-state index in [0.29, 0.717) is 6.54 Å². The number of pyridine rings is 1. The van der Waals surface area contributed by atoms with Crippen molar-refractivity contribution in [3.8, 4) is 0 Å². The van der Waals surface area contributed by atoms with E-state index in [4.69, 9.17) is 5.73 Å². The number of aromatic nitrogens is 1. The quantitative estimate of drug-likeness (QED) is 0.810. The lowest BCUT2D eigenvalue weighted by molar-refractivity contribution is 1.10. The molecule has 0 unspecified atom stereocenters. The van der Waals surface area contributed by atoms with Crippen LogP contribution in [0.15, 0.2) is 27.8 Å². The van der Waals surface area contributed by atoms with Crippen LogP contribution in [0.2, 0.25) is 0 Å². The van der Waals surface area contributed by atoms with Crippen LogP contribution in [-0.4, -0.2) is 17.3 Å². The van der Waals surface area contributed by atoms with Gasteiger partial charge in [0.05, 0.1) is 5.03 Å². The Hall–Kier alpha value is -0.0600. The molecule has 0 amide bonds. The molecule has 2 N–H and O–H groups in total. The van der Waals surface area contributed by atoms with Crippen molar-refractivity contribution in [1.29, 1.82) is 0 Å². The van der Waals surface area contributed by atoms with Crippen LogP contribution in [-0.2, 0) is 0 Å². The summed E-state index contributed by atoms with van der Waals surface area (Å²) in [5, 5.41) is 1.03. The zero-order valence-electron chi connectivity index (χ0n) is 5.96. The maximum atomic E-state index is 5.35. The van der Waals surface area contributed by atoms with Crippen molar-refractivity contribution < 1.29 is 0 Å². The molecule has 0 aromatic carbocycles. The van der Waals surface area contributed by atoms with Crippen molar-refractivity contribution in [1.82, 2.24) is 4.98 Å². The molecule has 11 heavy (non-hydrogen) atoms. The first-order valence-electron chi connectivity index (χ1n) is 3.27. The lowest BCUT2D eigenvalue weighted by atomic mass is 10.5. The minimum atomic E-state index is 0.697. The highest BCUT2D eigenvalue weighted by Crippen LogP contribution is 2.16. The molecular formula is C7H9BrN2S. The van der Waals surface area contributed by atoms with Gasteiger partial charge in [-0.25, -0.2) is 4.98 Å². The Morgan fingerprint density at radius 3 is 2.91 bits per heavy atom. The third-order valence-electron chi connectivity index (χ3n) is 1.07. The van der Waals surface area contributed by atoms with Crippen LogP contribution < -0.4 is 5.73 Å². The molecule has 1 rings (SSSR count). The number of halogens is 1. The van der Waals surface area contributed by atoms with E-state index in [-0.39, 0.29) is 0 Å². The summed E-state index contributed by atoms with van der Waals surface area (Å²) in [4.78, 5) is 4.18. The fraction of sp³-hybridized carbons (Fsp3) is 0.286. The van der Waals surface area contributed by atoms with Gasteiger partial charge in [0.2, 0.25) is 0 Å². The third-order valence-corrected chi connectivity index (χ3v) is 2.51. The molecule has 0 fully saturated rings. The standard InChI is InChI=1S/C7H9BrN2S/c8-6-1-2-7(10-5-6)11-4-3-9/h1-2,5H,3-4,9H2. The van der Waals surface area contributed by atoms with Crippen LogP contribution in [0.25, 0.3) is 0 Å². The molecule has 0 atom stereocenters. The molecule has 0 spiro atoms. The van der Waals surface area contributed by atoms with Crippen molar-refractivity contribution in [2.24, 2.45) is 5.73 Å². The molecule has 0 aliphatic carbocycles. The lowest BCUT2D eigenvalue weighted by Crippen LogP contribution is -2.01. The van der Waals surface area contributed by atoms with Crippen LogP contribution in [0.4, 0.5) is 0 Å². The van der Waals surface area contributed by atoms with Gasteiger partial charge in [0.15, 0.2) is 0 Å². The Labute approximate surface area is 78.7 Å². The fourth-order valence-corrected chi connectivity index (χ4v) is 1.46. The molecule has 1 heterocycles. The summed E-state index contributed by atoms with van der Waals surface area (Å²) in [6.07, 6.45) is 1.79. The Balaban J connectivity index is 2.52. The molecule has 1 aromatic rings. The third kappa shape index (κ3) is 3.22. The van der Waals surface area contributed by atoms with Gasteiger partial charge in [0.1, 0.15) is 0 Å². The van der Waals surface area contributed by atoms with E-state index in [1.165, 1.54) is 0 Å². The summed E-state index contributed by atoms with van der Waals surface area (Å²) >= 11 is 4.99. The van der Waals surface area contributed by atoms with Gasteiger partial charge < -0.3 is 5.73 Å². The van der Waals surface area contributed by atoms with Crippen molar-refractivity contribution in [3.05, 3.63) is 22.8 Å². The van der Waals surface area contributed by atoms with E-state index in [2.05, 4.69) is 20.9 Å². The molecule has 0 aliphatic rings. The normalized spacial score (nSPS) is 10.0. The average molecular weight is 233 g/mol. The number of nitrogens with two attached hydrogens (primary N) is 1. The zero-order valence-corrected chi connectivity index (χ0v) is 8.36. The van der Waals surface area contributed by atoms with Gasteiger partial charge in [0.25, 0.3) is 0 Å². The van der Waals surface area contributed by atoms with Crippen LogP contribution in [0.3, 0.4) is 0 Å². The van der Waals surface area contributed by atoms with Gasteiger partial charge in [-0.05, 0) is 28.1 Å². The summed E-state index contributed by atoms with van der Waals surface area (Å²) < 4.78 is 1.01. The maximum Gasteiger partial charge on any atom is 0.0961 e. The highest BCUT2D eigenvalue weighted by atomic mass is 79.9. The zero-order chi connectivity index (χ0) is 8.10. The number of hydrogen-bond donors (Lipinski definition) is 1. The molecule has 1 aromatic heterocycles. The summed E-state index contributed by atoms with van der Waals surface area (Å²) in [5.74, 6) is 0.925. The van der Waals surface area contributed by atoms with Gasteiger partial charge in [-0.15, -0.1) is 11.8 Å². The van der Waals surface area contributed by atoms with Crippen LogP contribution in [0, 0.1) is 0 Å². The second kappa shape index (κ2) is 4.74. The van der Waals surface area contributed by atoms with E-state index in [0.717, 1.165) is 15.3 Å². The van der Waals surface area contributed by atoms with Crippen molar-refractivity contribution >= 4 is 27.7 Å². The SMILES string of the molecule is NCCSc1ccc(Br)cn1. The number of rotatable bonds is 3. The Morgan fingerprint density at radius 2 is 2.36 bits per heavy atom. The molecule has 0 bridgehead atoms. The van der Waals surface area contributed by atoms with Crippen molar-refractivity contribution in [2.75, 3.05) is 12.3 Å². The molecular weight excluding hydrogens is 224 g/mol. The van der Waals surface area contributed by atoms with E-state index in [9.17, 15) is 0 Å². The predicted molar refractivity (Wildman–Crippen MR) is 51.7 cm³/mol. The topological polar surface area (TPSA) is 38.9 Å². The van der Waals surface area contributed by atoms with E-state index < -0.39 is 0 Å². The Morgan fingerprint density at radius 1 is 1.55 bits per heavy atom. The maximum absolute atomic E-state index is 5.35. The minimum Gasteiger partial charge on any atom is -0.330 e. The number of thioether (sulfide) groups is 1. The van der Waals surface area contributed by atoms with Crippen LogP contribution in [0.1, 0.15) is 0 Å². The van der Waals surface area contributed by atoms with Gasteiger partial charge >= 0.3 is 0 Å². The second-order valence-corrected chi connectivity index (χ2v) is 3.98. The van der Waals surface area contributed by atoms with E-state index >= 15 is 0 Å². The predicted octanol–water partition coefficient (Wildman–Crippen LogP) is 1.89. The van der Waals surface area contributed by atoms with E-state index in [1.54, 1.807) is 18.0 Å². The van der Waals surface area contributed by atoms with Crippen LogP contribution in [0.5, 0.6) is 0 Å². The molecule has 60 valence electrons. The highest BCUT2D eigenvalue weighted by Gasteiger charge is 1.92. The largest absolute Gasteiger partial charge is 0.330 e. The van der Waals surface area contributed by atoms with Gasteiger partial charge in [0, 0.05) is 23.0 Å². The average Bonchev–Trinajstić information content (AvgIpc) is 2.04. The fourth-order valence-electron chi connectivity index (χ4n) is 0.611. The molecule has 2 nitrogen and oxygen atoms in total. The Bertz CT molecular complexity index is 212. The van der Waals surface area contributed by atoms with Gasteiger partial charge in [-0.1, -0.05) is 0 Å². The molecule has 0 aliphatic heterocycles. The summed E-state index contributed by atoms with van der Waals surface area (Å²) in [6.45, 7) is 0.697. The van der Waals surface area contributed by atoms with Gasteiger partial charge in [-0.3, -0.25) is 0 Å². The van der Waals surface area contributed by atoms with Crippen LogP contribution >= 0.6 is 27.7 Å². The minimum absolute atomic E-state index is 0.697. The first-order valence-corrected chi connectivity index (χ1v) is 5.05. The highest BCUT2D eigenvalue weighted by molar-refractivity contribution is 9.10. The molecule has 0 saturated carbocycles. The molecule has 0 radical (unpaired) electrons. The van der Waals surface area contributed by atoms with Crippen molar-refractivity contribution in [3.63, 3.8) is 0 Å². The lowest BCUT2D eigenvalue weighted by Gasteiger charge is -1.97. The monoisotopic (exact) mass is 232 g/mol. The Kier molecular flexibility index (Phi) is 3.90.